The molecule has 0 aliphatic heterocycles. The van der Waals surface area contributed by atoms with Gasteiger partial charge in [0.25, 0.3) is 0 Å². The molecule has 4 heteroatoms. The van der Waals surface area contributed by atoms with Gasteiger partial charge in [-0.2, -0.15) is 0 Å². The van der Waals surface area contributed by atoms with Crippen LogP contribution in [0.1, 0.15) is 20.2 Å². The molecule has 4 nitrogen and oxygen atoms in total. The van der Waals surface area contributed by atoms with Crippen LogP contribution in [0.3, 0.4) is 0 Å². The van der Waals surface area contributed by atoms with Crippen LogP contribution >= 0.6 is 0 Å². The van der Waals surface area contributed by atoms with Gasteiger partial charge in [0.05, 0.1) is 0 Å². The van der Waals surface area contributed by atoms with Crippen molar-refractivity contribution in [3.05, 3.63) is 90.0 Å². The Morgan fingerprint density at radius 3 is 2.31 bits per heavy atom. The lowest BCUT2D eigenvalue weighted by molar-refractivity contribution is -0.136. The second-order valence-corrected chi connectivity index (χ2v) is 5.65. The first-order valence-corrected chi connectivity index (χ1v) is 8.19. The lowest BCUT2D eigenvalue weighted by Crippen LogP contribution is -1.98. The van der Waals surface area contributed by atoms with Crippen molar-refractivity contribution >= 4 is 5.97 Å². The number of carboxylic acids is 1. The van der Waals surface area contributed by atoms with Gasteiger partial charge in [0.15, 0.2) is 0 Å². The molecule has 0 saturated heterocycles. The van der Waals surface area contributed by atoms with Crippen molar-refractivity contribution in [1.29, 1.82) is 0 Å². The molecular formula is C22H20O4. The van der Waals surface area contributed by atoms with E-state index in [0.717, 1.165) is 17.1 Å². The molecule has 0 atom stereocenters. The SMILES string of the molecule is [2H]C([2H])(Cc1ccc(OCc2cccc(Oc3ccccc3)c2)cc1)C(=O)O. The van der Waals surface area contributed by atoms with Gasteiger partial charge in [-0.15, -0.1) is 0 Å². The van der Waals surface area contributed by atoms with E-state index in [2.05, 4.69) is 0 Å². The molecule has 3 rings (SSSR count). The number of hydrogen-bond donors (Lipinski definition) is 1. The molecular weight excluding hydrogens is 328 g/mol. The minimum Gasteiger partial charge on any atom is -0.489 e. The molecule has 0 saturated carbocycles. The summed E-state index contributed by atoms with van der Waals surface area (Å²) < 4.78 is 26.6. The Hall–Kier alpha value is -3.27. The van der Waals surface area contributed by atoms with E-state index in [1.54, 1.807) is 24.3 Å². The van der Waals surface area contributed by atoms with E-state index >= 15 is 0 Å². The summed E-state index contributed by atoms with van der Waals surface area (Å²) in [5, 5.41) is 8.87. The van der Waals surface area contributed by atoms with Crippen LogP contribution in [-0.2, 0) is 17.8 Å². The van der Waals surface area contributed by atoms with E-state index in [-0.39, 0.29) is 6.42 Å². The van der Waals surface area contributed by atoms with Crippen molar-refractivity contribution in [3.63, 3.8) is 0 Å². The molecule has 0 heterocycles. The van der Waals surface area contributed by atoms with E-state index in [1.807, 2.05) is 54.6 Å². The highest BCUT2D eigenvalue weighted by Crippen LogP contribution is 2.23. The van der Waals surface area contributed by atoms with Crippen LogP contribution < -0.4 is 9.47 Å². The number of benzene rings is 3. The number of rotatable bonds is 8. The van der Waals surface area contributed by atoms with Crippen LogP contribution in [0, 0.1) is 0 Å². The van der Waals surface area contributed by atoms with Gasteiger partial charge in [0.1, 0.15) is 23.9 Å². The standard InChI is InChI=1S/C22H20O4/c23-22(24)14-11-17-9-12-19(13-10-17)25-16-18-5-4-8-21(15-18)26-20-6-2-1-3-7-20/h1-10,12-13,15H,11,14,16H2,(H,23,24)/i14D2. The van der Waals surface area contributed by atoms with Gasteiger partial charge in [0.2, 0.25) is 0 Å². The van der Waals surface area contributed by atoms with E-state index < -0.39 is 12.3 Å². The monoisotopic (exact) mass is 350 g/mol. The highest BCUT2D eigenvalue weighted by atomic mass is 16.5. The zero-order chi connectivity index (χ0) is 20.0. The summed E-state index contributed by atoms with van der Waals surface area (Å²) in [6, 6.07) is 23.9. The van der Waals surface area contributed by atoms with E-state index in [1.165, 1.54) is 0 Å². The molecule has 0 aliphatic carbocycles. The number of para-hydroxylation sites is 1. The molecule has 3 aromatic rings. The molecule has 0 radical (unpaired) electrons. The Balaban J connectivity index is 1.58. The lowest BCUT2D eigenvalue weighted by Gasteiger charge is -2.10. The quantitative estimate of drug-likeness (QED) is 0.616. The van der Waals surface area contributed by atoms with Gasteiger partial charge in [-0.3, -0.25) is 4.79 Å². The van der Waals surface area contributed by atoms with Crippen molar-refractivity contribution in [1.82, 2.24) is 0 Å². The minimum absolute atomic E-state index is 0.193. The third-order valence-electron chi connectivity index (χ3n) is 3.65. The van der Waals surface area contributed by atoms with Gasteiger partial charge in [-0.25, -0.2) is 0 Å². The molecule has 0 amide bonds. The Morgan fingerprint density at radius 1 is 0.846 bits per heavy atom. The fourth-order valence-corrected chi connectivity index (χ4v) is 2.37. The van der Waals surface area contributed by atoms with Crippen molar-refractivity contribution in [2.24, 2.45) is 0 Å². The van der Waals surface area contributed by atoms with Gasteiger partial charge >= 0.3 is 5.97 Å². The second kappa shape index (κ2) is 8.72. The zero-order valence-corrected chi connectivity index (χ0v) is 14.1. The number of aryl methyl sites for hydroxylation is 1. The first-order valence-electron chi connectivity index (χ1n) is 9.19. The molecule has 132 valence electrons. The molecule has 0 unspecified atom stereocenters. The molecule has 0 fully saturated rings. The first-order chi connectivity index (χ1) is 13.4. The van der Waals surface area contributed by atoms with Crippen molar-refractivity contribution < 1.29 is 22.1 Å². The number of hydrogen-bond acceptors (Lipinski definition) is 3. The van der Waals surface area contributed by atoms with Crippen molar-refractivity contribution in [3.8, 4) is 17.2 Å². The van der Waals surface area contributed by atoms with Gasteiger partial charge in [-0.1, -0.05) is 42.5 Å². The van der Waals surface area contributed by atoms with E-state index in [0.29, 0.717) is 17.9 Å². The number of carbonyl (C=O) groups is 1. The number of aliphatic carboxylic acids is 1. The topological polar surface area (TPSA) is 55.8 Å². The summed E-state index contributed by atoms with van der Waals surface area (Å²) in [6.07, 6.45) is -2.48. The van der Waals surface area contributed by atoms with E-state index in [9.17, 15) is 4.79 Å². The second-order valence-electron chi connectivity index (χ2n) is 5.65. The Morgan fingerprint density at radius 2 is 1.58 bits per heavy atom. The third kappa shape index (κ3) is 5.38. The van der Waals surface area contributed by atoms with Gasteiger partial charge in [0, 0.05) is 9.11 Å². The van der Waals surface area contributed by atoms with Crippen LogP contribution in [0.5, 0.6) is 17.2 Å². The summed E-state index contributed by atoms with van der Waals surface area (Å²) >= 11 is 0. The van der Waals surface area contributed by atoms with Crippen LogP contribution in [0.25, 0.3) is 0 Å². The summed E-state index contributed by atoms with van der Waals surface area (Å²) in [7, 11) is 0. The summed E-state index contributed by atoms with van der Waals surface area (Å²) in [4.78, 5) is 10.9. The van der Waals surface area contributed by atoms with Crippen LogP contribution in [0.2, 0.25) is 0 Å². The smallest absolute Gasteiger partial charge is 0.303 e. The fourth-order valence-electron chi connectivity index (χ4n) is 2.37. The Labute approximate surface area is 155 Å². The van der Waals surface area contributed by atoms with Crippen LogP contribution in [0.15, 0.2) is 78.9 Å². The fraction of sp³-hybridized carbons (Fsp3) is 0.136. The minimum atomic E-state index is -2.29. The number of ether oxygens (including phenoxy) is 2. The van der Waals surface area contributed by atoms with Crippen LogP contribution in [-0.4, -0.2) is 11.1 Å². The predicted octanol–water partition coefficient (Wildman–Crippen LogP) is 5.08. The maximum absolute atomic E-state index is 10.9. The average molecular weight is 350 g/mol. The Bertz CT molecular complexity index is 925. The molecule has 1 N–H and O–H groups in total. The van der Waals surface area contributed by atoms with E-state index in [4.69, 9.17) is 17.3 Å². The van der Waals surface area contributed by atoms with Gasteiger partial charge < -0.3 is 14.6 Å². The molecule has 0 bridgehead atoms. The molecule has 0 spiro atoms. The largest absolute Gasteiger partial charge is 0.489 e. The van der Waals surface area contributed by atoms with Gasteiger partial charge in [-0.05, 0) is 53.9 Å². The molecule has 26 heavy (non-hydrogen) atoms. The summed E-state index contributed by atoms with van der Waals surface area (Å²) in [6.45, 7) is 0.349. The zero-order valence-electron chi connectivity index (χ0n) is 16.1. The Kier molecular flexibility index (Phi) is 5.04. The van der Waals surface area contributed by atoms with Crippen molar-refractivity contribution in [2.45, 2.75) is 19.4 Å². The third-order valence-corrected chi connectivity index (χ3v) is 3.65. The maximum Gasteiger partial charge on any atom is 0.303 e. The lowest BCUT2D eigenvalue weighted by atomic mass is 10.1. The highest BCUT2D eigenvalue weighted by molar-refractivity contribution is 5.67. The van der Waals surface area contributed by atoms with Crippen molar-refractivity contribution in [2.75, 3.05) is 0 Å². The number of carboxylic acid groups (broad SMARTS) is 1. The molecule has 0 aromatic heterocycles. The summed E-state index contributed by atoms with van der Waals surface area (Å²) in [5.74, 6) is 0.635. The molecule has 3 aromatic carbocycles. The summed E-state index contributed by atoms with van der Waals surface area (Å²) in [5.41, 5.74) is 1.54. The predicted molar refractivity (Wildman–Crippen MR) is 99.7 cm³/mol. The average Bonchev–Trinajstić information content (AvgIpc) is 2.68. The van der Waals surface area contributed by atoms with Crippen LogP contribution in [0.4, 0.5) is 0 Å². The first kappa shape index (κ1) is 15.0. The normalized spacial score (nSPS) is 12.0. The molecule has 0 aliphatic rings. The highest BCUT2D eigenvalue weighted by Gasteiger charge is 2.02. The maximum atomic E-state index is 10.9.